The Kier molecular flexibility index (Phi) is 15.8. The summed E-state index contributed by atoms with van der Waals surface area (Å²) in [5.74, 6) is 7.63. The third-order valence-electron chi connectivity index (χ3n) is 29.6. The monoisotopic (exact) mass is 1800 g/mol. The number of rotatable bonds is 6. The molecule has 0 amide bonds. The van der Waals surface area contributed by atoms with Gasteiger partial charge in [-0.15, -0.1) is 0 Å². The molecule has 0 bridgehead atoms. The molecule has 0 fully saturated rings. The molecule has 17 aromatic carbocycles. The van der Waals surface area contributed by atoms with E-state index in [-0.39, 0.29) is 5.41 Å². The van der Waals surface area contributed by atoms with Crippen LogP contribution in [0.25, 0.3) is 256 Å². The van der Waals surface area contributed by atoms with E-state index >= 15 is 0 Å². The second-order valence-corrected chi connectivity index (χ2v) is 38.9. The summed E-state index contributed by atoms with van der Waals surface area (Å²) in [5, 5.41) is 0. The molecule has 0 aliphatic heterocycles. The predicted octanol–water partition coefficient (Wildman–Crippen LogP) is 28.2. The maximum Gasteiger partial charge on any atom is 0.223 e. The zero-order chi connectivity index (χ0) is 92.8. The molecule has 0 aliphatic carbocycles. The second-order valence-electron chi connectivity index (χ2n) is 38.9. The molecule has 0 saturated carbocycles. The van der Waals surface area contributed by atoms with Gasteiger partial charge >= 0.3 is 0 Å². The quantitative estimate of drug-likeness (QED) is 0.159. The van der Waals surface area contributed by atoms with E-state index in [1.54, 1.807) is 0 Å². The van der Waals surface area contributed by atoms with Gasteiger partial charge in [0.1, 0.15) is 22.1 Å². The Hall–Kier alpha value is -18.3. The largest absolute Gasteiger partial charge is 0.276 e. The van der Waals surface area contributed by atoms with Crippen molar-refractivity contribution in [2.75, 3.05) is 0 Å². The highest BCUT2D eigenvalue weighted by molar-refractivity contribution is 6.12. The first-order chi connectivity index (χ1) is 68.6. The SMILES string of the molecule is CC(C)(C)c1ccc(-c2cc3c4c(c2)n2c5ccccc5nc2n4c2nc4ccccc4n32)cc1.CC(C)c1ccc(-c2cc3c4c(c2)n2c5ccccc5nc2n4c2nc4ccccc4n32)c(-c2ccccc2)c1.Cc1cc(-c2cc3c4c(c2)n2c5ccccc5nc2n4c2nc4ccccc4n32)cc(C)c1C.c1ccc(-c2cc3c4c(c2)n2c5ccccc5nc2n4c2nc4ccccc4n32)cc1. The molecule has 0 radical (unpaired) electrons. The molecular weight excluding hydrogens is 1720 g/mol. The highest BCUT2D eigenvalue weighted by Crippen LogP contribution is 2.47. The Morgan fingerprint density at radius 1 is 0.193 bits per heavy atom. The minimum absolute atomic E-state index is 0.125. The van der Waals surface area contributed by atoms with Crippen LogP contribution in [0, 0.1) is 20.8 Å². The molecule has 0 spiro atoms. The fourth-order valence-corrected chi connectivity index (χ4v) is 22.7. The van der Waals surface area contributed by atoms with Crippen LogP contribution >= 0.6 is 0 Å². The summed E-state index contributed by atoms with van der Waals surface area (Å²) in [5.41, 5.74) is 49.5. The molecule has 0 saturated heterocycles. The van der Waals surface area contributed by atoms with Crippen LogP contribution in [0.2, 0.25) is 0 Å². The lowest BCUT2D eigenvalue weighted by molar-refractivity contribution is 0.590. The van der Waals surface area contributed by atoms with Gasteiger partial charge in [0.2, 0.25) is 46.2 Å². The van der Waals surface area contributed by atoms with Gasteiger partial charge in [-0.05, 0) is 261 Å². The number of fused-ring (bicyclic) bond motifs is 40. The van der Waals surface area contributed by atoms with Crippen molar-refractivity contribution in [3.63, 3.8) is 0 Å². The van der Waals surface area contributed by atoms with Crippen molar-refractivity contribution in [1.29, 1.82) is 0 Å². The molecule has 20 nitrogen and oxygen atoms in total. The topological polar surface area (TPSA) is 156 Å². The maximum absolute atomic E-state index is 5.10. The van der Waals surface area contributed by atoms with Crippen LogP contribution < -0.4 is 0 Å². The van der Waals surface area contributed by atoms with Gasteiger partial charge in [-0.3, -0.25) is 35.2 Å². The van der Waals surface area contributed by atoms with Crippen molar-refractivity contribution < 1.29 is 0 Å². The molecule has 0 N–H and O–H groups in total. The Bertz CT molecular complexity index is 10500. The molecule has 0 atom stereocenters. The van der Waals surface area contributed by atoms with Crippen LogP contribution in [0.15, 0.2) is 358 Å². The summed E-state index contributed by atoms with van der Waals surface area (Å²) in [4.78, 5) is 40.4. The first-order valence-corrected chi connectivity index (χ1v) is 47.8. The van der Waals surface area contributed by atoms with Crippen molar-refractivity contribution in [3.05, 3.63) is 386 Å². The minimum Gasteiger partial charge on any atom is -0.276 e. The number of hydrogen-bond acceptors (Lipinski definition) is 8. The molecular formula is C120H84N20. The first kappa shape index (κ1) is 78.1. The van der Waals surface area contributed by atoms with E-state index in [4.69, 9.17) is 39.9 Å². The fraction of sp³-hybridized carbons (Fsp3) is 0.0833. The van der Waals surface area contributed by atoms with Gasteiger partial charge in [0.05, 0.1) is 132 Å². The number of hydrogen-bond donors (Lipinski definition) is 0. The summed E-state index contributed by atoms with van der Waals surface area (Å²) >= 11 is 0. The van der Waals surface area contributed by atoms with Gasteiger partial charge < -0.3 is 0 Å². The van der Waals surface area contributed by atoms with Crippen molar-refractivity contribution in [2.45, 2.75) is 66.7 Å². The molecule has 0 unspecified atom stereocenters. The van der Waals surface area contributed by atoms with E-state index in [1.165, 1.54) is 83.5 Å². The van der Waals surface area contributed by atoms with E-state index in [1.807, 2.05) is 36.4 Å². The second kappa shape index (κ2) is 28.4. The third kappa shape index (κ3) is 10.8. The average Bonchev–Trinajstić information content (AvgIpc) is 1.53. The smallest absolute Gasteiger partial charge is 0.223 e. The van der Waals surface area contributed by atoms with Crippen molar-refractivity contribution in [2.24, 2.45) is 0 Å². The summed E-state index contributed by atoms with van der Waals surface area (Å²) < 4.78 is 27.1. The van der Waals surface area contributed by atoms with Crippen LogP contribution in [0.5, 0.6) is 0 Å². The number of benzene rings is 17. The lowest BCUT2D eigenvalue weighted by Crippen LogP contribution is -2.10. The van der Waals surface area contributed by atoms with E-state index in [0.717, 1.165) is 201 Å². The van der Waals surface area contributed by atoms with Gasteiger partial charge in [0.15, 0.2) is 0 Å². The number of aryl methyl sites for hydroxylation is 2. The Morgan fingerprint density at radius 3 is 0.686 bits per heavy atom. The summed E-state index contributed by atoms with van der Waals surface area (Å²) in [6.45, 7) is 17.9. The van der Waals surface area contributed by atoms with Crippen LogP contribution in [-0.4, -0.2) is 92.7 Å². The normalized spacial score (nSPS) is 12.6. The molecule has 0 aliphatic rings. The van der Waals surface area contributed by atoms with Gasteiger partial charge in [-0.2, -0.15) is 0 Å². The zero-order valence-corrected chi connectivity index (χ0v) is 77.6. The molecule has 33 rings (SSSR count). The van der Waals surface area contributed by atoms with E-state index < -0.39 is 0 Å². The molecule has 20 heteroatoms. The zero-order valence-electron chi connectivity index (χ0n) is 77.6. The van der Waals surface area contributed by atoms with E-state index in [2.05, 4.69) is 430 Å². The van der Waals surface area contributed by atoms with Gasteiger partial charge in [0.25, 0.3) is 0 Å². The van der Waals surface area contributed by atoms with Crippen LogP contribution in [-0.2, 0) is 5.41 Å². The fourth-order valence-electron chi connectivity index (χ4n) is 22.7. The lowest BCUT2D eigenvalue weighted by atomic mass is 9.86. The van der Waals surface area contributed by atoms with Crippen LogP contribution in [0.1, 0.15) is 68.4 Å². The van der Waals surface area contributed by atoms with Gasteiger partial charge in [-0.1, -0.05) is 247 Å². The summed E-state index contributed by atoms with van der Waals surface area (Å²) in [7, 11) is 0. The highest BCUT2D eigenvalue weighted by Gasteiger charge is 2.32. The number of nitrogens with zero attached hydrogens (tertiary/aromatic N) is 20. The maximum atomic E-state index is 5.10. The molecule has 33 aromatic rings. The molecule has 16 aromatic heterocycles. The van der Waals surface area contributed by atoms with Crippen molar-refractivity contribution in [1.82, 2.24) is 92.7 Å². The summed E-state index contributed by atoms with van der Waals surface area (Å²) in [6.07, 6.45) is 0. The van der Waals surface area contributed by atoms with Gasteiger partial charge in [0, 0.05) is 0 Å². The first-order valence-electron chi connectivity index (χ1n) is 47.8. The minimum atomic E-state index is 0.125. The Labute approximate surface area is 796 Å². The van der Waals surface area contributed by atoms with Crippen LogP contribution in [0.4, 0.5) is 0 Å². The number of imidazole rings is 16. The van der Waals surface area contributed by atoms with E-state index in [9.17, 15) is 0 Å². The van der Waals surface area contributed by atoms with Gasteiger partial charge in [-0.25, -0.2) is 57.5 Å². The van der Waals surface area contributed by atoms with Crippen molar-refractivity contribution >= 4 is 201 Å². The highest BCUT2D eigenvalue weighted by atomic mass is 15.3. The molecule has 16 heterocycles. The lowest BCUT2D eigenvalue weighted by Gasteiger charge is -2.19. The Balaban J connectivity index is 0.0000000881. The molecule has 664 valence electrons. The standard InChI is InChI=1S/C35H25N5.C30H23N5.C29H21N5.C26H15N5/c1-21(2)23-16-17-25(26(18-23)22-10-4-3-5-11-22)24-19-31-33-32(20-24)39-30-15-9-7-13-28(30)37-35(39)40(33)34-36-27-12-6-8-14-29(27)38(31)34;1-30(2,3)20-14-12-18(13-15-20)19-16-25-27-26(17-19)34-24-11-7-5-9-22(24)32-29(34)35(27)28-31-21-8-4-6-10-23(21)33(25)28;1-16-12-19(13-17(2)18(16)3)20-14-25-27-26(15-20)33-24-11-7-5-9-22(24)31-29(33)34(27)28-30-21-8-4-6-10-23(21)32(25)28;1-2-8-16(9-3-1)17-14-22-24-23(15-17)30-21-13-7-5-11-19(21)28-26(30)31(24)25-27-18-10-4-6-12-20(18)29(22)25/h3-21H,1-2H3;4-17H,1-3H3;4-15H,1-3H3;1-15H. The number of para-hydroxylation sites is 16. The summed E-state index contributed by atoms with van der Waals surface area (Å²) in [6, 6.07) is 127. The van der Waals surface area contributed by atoms with Crippen LogP contribution in [0.3, 0.4) is 0 Å². The predicted molar refractivity (Wildman–Crippen MR) is 569 cm³/mol. The Morgan fingerprint density at radius 2 is 0.421 bits per heavy atom. The number of aromatic nitrogens is 20. The van der Waals surface area contributed by atoms with E-state index in [0.29, 0.717) is 5.92 Å². The third-order valence-corrected chi connectivity index (χ3v) is 29.6. The average molecular weight is 1810 g/mol. The molecule has 140 heavy (non-hydrogen) atoms. The van der Waals surface area contributed by atoms with Crippen molar-refractivity contribution in [3.8, 4) is 55.6 Å².